The maximum absolute atomic E-state index is 12.9. The van der Waals surface area contributed by atoms with E-state index in [0.717, 1.165) is 4.47 Å². The first-order valence-electron chi connectivity index (χ1n) is 5.86. The van der Waals surface area contributed by atoms with Crippen molar-refractivity contribution in [3.8, 4) is 0 Å². The van der Waals surface area contributed by atoms with Gasteiger partial charge in [0, 0.05) is 21.7 Å². The quantitative estimate of drug-likeness (QED) is 0.784. The Labute approximate surface area is 124 Å². The summed E-state index contributed by atoms with van der Waals surface area (Å²) in [5.41, 5.74) is -1.67. The van der Waals surface area contributed by atoms with Crippen molar-refractivity contribution < 1.29 is 18.0 Å². The fourth-order valence-electron chi connectivity index (χ4n) is 1.23. The first kappa shape index (κ1) is 16.8. The lowest BCUT2D eigenvalue weighted by atomic mass is 9.90. The summed E-state index contributed by atoms with van der Waals surface area (Å²) in [6, 6.07) is 6.21. The lowest BCUT2D eigenvalue weighted by Crippen LogP contribution is -2.24. The van der Waals surface area contributed by atoms with Gasteiger partial charge in [-0.1, -0.05) is 36.7 Å². The average molecular weight is 350 g/mol. The van der Waals surface area contributed by atoms with Gasteiger partial charge in [0.25, 0.3) is 0 Å². The first-order valence-corrected chi connectivity index (χ1v) is 6.65. The zero-order valence-corrected chi connectivity index (χ0v) is 12.9. The predicted octanol–water partition coefficient (Wildman–Crippen LogP) is 4.92. The second-order valence-electron chi connectivity index (χ2n) is 5.30. The smallest absolute Gasteiger partial charge is 0.351 e. The maximum atomic E-state index is 12.9. The topological polar surface area (TPSA) is 29.1 Å². The maximum Gasteiger partial charge on any atom is 0.431 e. The highest BCUT2D eigenvalue weighted by Crippen LogP contribution is 2.29. The van der Waals surface area contributed by atoms with Crippen molar-refractivity contribution in [2.45, 2.75) is 26.9 Å². The largest absolute Gasteiger partial charge is 0.431 e. The SMILES string of the molecule is CC(C)(C)C(=O)/C=C(/Nc1ccc(Br)cc1)C(F)(F)F. The van der Waals surface area contributed by atoms with Crippen LogP contribution in [0.15, 0.2) is 40.5 Å². The molecule has 0 spiro atoms. The molecule has 0 heterocycles. The average Bonchev–Trinajstić information content (AvgIpc) is 2.28. The standard InChI is InChI=1S/C14H15BrF3NO/c1-13(2,3)12(20)8-11(14(16,17)18)19-10-6-4-9(15)5-7-10/h4-8,19H,1-3H3/b11-8+. The summed E-state index contributed by atoms with van der Waals surface area (Å²) >= 11 is 3.20. The van der Waals surface area contributed by atoms with E-state index in [1.807, 2.05) is 0 Å². The van der Waals surface area contributed by atoms with Gasteiger partial charge in [0.15, 0.2) is 5.78 Å². The number of ketones is 1. The summed E-state index contributed by atoms with van der Waals surface area (Å²) in [6.45, 7) is 4.71. The number of benzene rings is 1. The highest BCUT2D eigenvalue weighted by Gasteiger charge is 2.35. The molecule has 0 aromatic heterocycles. The van der Waals surface area contributed by atoms with Crippen molar-refractivity contribution in [1.29, 1.82) is 0 Å². The van der Waals surface area contributed by atoms with E-state index in [1.165, 1.54) is 12.1 Å². The minimum absolute atomic E-state index is 0.262. The number of hydrogen-bond acceptors (Lipinski definition) is 2. The summed E-state index contributed by atoms with van der Waals surface area (Å²) in [7, 11) is 0. The number of allylic oxidation sites excluding steroid dienone is 2. The normalized spacial score (nSPS) is 13.2. The van der Waals surface area contributed by atoms with E-state index in [4.69, 9.17) is 0 Å². The summed E-state index contributed by atoms with van der Waals surface area (Å²) in [4.78, 5) is 11.7. The van der Waals surface area contributed by atoms with Crippen molar-refractivity contribution in [3.05, 3.63) is 40.5 Å². The molecular formula is C14H15BrF3NO. The van der Waals surface area contributed by atoms with Crippen LogP contribution in [0, 0.1) is 5.41 Å². The van der Waals surface area contributed by atoms with Gasteiger partial charge in [-0.15, -0.1) is 0 Å². The number of carbonyl (C=O) groups is 1. The molecule has 0 aliphatic heterocycles. The van der Waals surface area contributed by atoms with Gasteiger partial charge in [-0.3, -0.25) is 4.79 Å². The molecule has 0 saturated carbocycles. The van der Waals surface area contributed by atoms with Gasteiger partial charge in [0.05, 0.1) is 0 Å². The van der Waals surface area contributed by atoms with Crippen molar-refractivity contribution >= 4 is 27.4 Å². The first-order chi connectivity index (χ1) is 9.00. The van der Waals surface area contributed by atoms with Crippen LogP contribution in [0.25, 0.3) is 0 Å². The molecule has 0 aliphatic rings. The molecular weight excluding hydrogens is 335 g/mol. The molecule has 0 aliphatic carbocycles. The molecule has 0 amide bonds. The van der Waals surface area contributed by atoms with Crippen LogP contribution in [0.4, 0.5) is 18.9 Å². The number of carbonyl (C=O) groups excluding carboxylic acids is 1. The summed E-state index contributed by atoms with van der Waals surface area (Å²) in [5, 5.41) is 2.24. The monoisotopic (exact) mass is 349 g/mol. The third kappa shape index (κ3) is 5.00. The number of anilines is 1. The van der Waals surface area contributed by atoms with Crippen LogP contribution in [0.2, 0.25) is 0 Å². The number of hydrogen-bond donors (Lipinski definition) is 1. The fourth-order valence-corrected chi connectivity index (χ4v) is 1.49. The van der Waals surface area contributed by atoms with Gasteiger partial charge < -0.3 is 5.32 Å². The summed E-state index contributed by atoms with van der Waals surface area (Å²) in [6.07, 6.45) is -4.00. The van der Waals surface area contributed by atoms with Gasteiger partial charge >= 0.3 is 6.18 Å². The molecule has 0 unspecified atom stereocenters. The van der Waals surface area contributed by atoms with Gasteiger partial charge in [0.2, 0.25) is 0 Å². The number of nitrogens with one attached hydrogen (secondary N) is 1. The van der Waals surface area contributed by atoms with E-state index in [2.05, 4.69) is 21.2 Å². The third-order valence-corrected chi connectivity index (χ3v) is 2.97. The Bertz CT molecular complexity index is 513. The summed E-state index contributed by atoms with van der Waals surface area (Å²) < 4.78 is 39.6. The predicted molar refractivity (Wildman–Crippen MR) is 76.4 cm³/mol. The van der Waals surface area contributed by atoms with Crippen LogP contribution in [-0.2, 0) is 4.79 Å². The van der Waals surface area contributed by atoms with E-state index in [0.29, 0.717) is 6.08 Å². The third-order valence-electron chi connectivity index (χ3n) is 2.44. The Hall–Kier alpha value is -1.30. The summed E-state index contributed by atoms with van der Waals surface area (Å²) in [5.74, 6) is -0.588. The Kier molecular flexibility index (Phi) is 5.02. The zero-order chi connectivity index (χ0) is 15.6. The molecule has 0 saturated heterocycles. The molecule has 1 N–H and O–H groups in total. The van der Waals surface area contributed by atoms with Crippen molar-refractivity contribution in [3.63, 3.8) is 0 Å². The zero-order valence-electron chi connectivity index (χ0n) is 11.3. The van der Waals surface area contributed by atoms with Crippen LogP contribution in [-0.4, -0.2) is 12.0 Å². The minimum Gasteiger partial charge on any atom is -0.351 e. The highest BCUT2D eigenvalue weighted by molar-refractivity contribution is 9.10. The van der Waals surface area contributed by atoms with Crippen molar-refractivity contribution in [2.24, 2.45) is 5.41 Å². The molecule has 20 heavy (non-hydrogen) atoms. The van der Waals surface area contributed by atoms with Gasteiger partial charge in [-0.05, 0) is 24.3 Å². The molecule has 0 atom stereocenters. The molecule has 0 bridgehead atoms. The Morgan fingerprint density at radius 2 is 1.65 bits per heavy atom. The van der Waals surface area contributed by atoms with Crippen LogP contribution in [0.3, 0.4) is 0 Å². The second-order valence-corrected chi connectivity index (χ2v) is 6.22. The van der Waals surface area contributed by atoms with Gasteiger partial charge in [-0.2, -0.15) is 13.2 Å². The number of halogens is 4. The molecule has 1 aromatic carbocycles. The van der Waals surface area contributed by atoms with E-state index in [9.17, 15) is 18.0 Å². The van der Waals surface area contributed by atoms with Crippen molar-refractivity contribution in [2.75, 3.05) is 5.32 Å². The van der Waals surface area contributed by atoms with E-state index in [-0.39, 0.29) is 5.69 Å². The Balaban J connectivity index is 3.06. The minimum atomic E-state index is -4.62. The lowest BCUT2D eigenvalue weighted by molar-refractivity contribution is -0.122. The molecule has 6 heteroatoms. The van der Waals surface area contributed by atoms with Crippen LogP contribution in [0.5, 0.6) is 0 Å². The lowest BCUT2D eigenvalue weighted by Gasteiger charge is -2.18. The molecule has 2 nitrogen and oxygen atoms in total. The van der Waals surface area contributed by atoms with Crippen LogP contribution >= 0.6 is 15.9 Å². The van der Waals surface area contributed by atoms with Crippen LogP contribution < -0.4 is 5.32 Å². The van der Waals surface area contributed by atoms with E-state index < -0.39 is 23.1 Å². The van der Waals surface area contributed by atoms with Gasteiger partial charge in [0.1, 0.15) is 5.70 Å². The van der Waals surface area contributed by atoms with Crippen LogP contribution in [0.1, 0.15) is 20.8 Å². The fraction of sp³-hybridized carbons (Fsp3) is 0.357. The molecule has 0 radical (unpaired) electrons. The Morgan fingerprint density at radius 1 is 1.15 bits per heavy atom. The number of alkyl halides is 3. The van der Waals surface area contributed by atoms with Gasteiger partial charge in [-0.25, -0.2) is 0 Å². The molecule has 110 valence electrons. The van der Waals surface area contributed by atoms with E-state index in [1.54, 1.807) is 32.9 Å². The molecule has 1 aromatic rings. The highest BCUT2D eigenvalue weighted by atomic mass is 79.9. The second kappa shape index (κ2) is 5.99. The number of rotatable bonds is 3. The Morgan fingerprint density at radius 3 is 2.05 bits per heavy atom. The van der Waals surface area contributed by atoms with E-state index >= 15 is 0 Å². The molecule has 1 rings (SSSR count). The van der Waals surface area contributed by atoms with Crippen molar-refractivity contribution in [1.82, 2.24) is 0 Å². The molecule has 0 fully saturated rings.